The monoisotopic (exact) mass is 218 g/mol. The molecule has 2 aromatic rings. The predicted octanol–water partition coefficient (Wildman–Crippen LogP) is 1.86. The van der Waals surface area contributed by atoms with Crippen molar-refractivity contribution in [3.63, 3.8) is 0 Å². The highest BCUT2D eigenvalue weighted by atomic mass is 16.5. The van der Waals surface area contributed by atoms with E-state index >= 15 is 0 Å². The molecule has 0 amide bonds. The van der Waals surface area contributed by atoms with E-state index < -0.39 is 5.97 Å². The number of rotatable bonds is 2. The summed E-state index contributed by atoms with van der Waals surface area (Å²) in [5.41, 5.74) is 0.362. The van der Waals surface area contributed by atoms with Crippen LogP contribution in [0.1, 0.15) is 12.7 Å². The van der Waals surface area contributed by atoms with Crippen LogP contribution < -0.4 is 5.43 Å². The van der Waals surface area contributed by atoms with Crippen molar-refractivity contribution in [1.82, 2.24) is 0 Å². The van der Waals surface area contributed by atoms with Crippen LogP contribution in [0.5, 0.6) is 0 Å². The van der Waals surface area contributed by atoms with E-state index in [1.54, 1.807) is 24.3 Å². The summed E-state index contributed by atoms with van der Waals surface area (Å²) in [6, 6.07) is 8.28. The second kappa shape index (κ2) is 4.18. The number of carbonyl (C=O) groups is 1. The van der Waals surface area contributed by atoms with E-state index in [0.29, 0.717) is 16.7 Å². The first-order valence-corrected chi connectivity index (χ1v) is 4.82. The normalized spacial score (nSPS) is 10.3. The van der Waals surface area contributed by atoms with Crippen LogP contribution >= 0.6 is 0 Å². The van der Waals surface area contributed by atoms with Gasteiger partial charge in [-0.25, -0.2) is 0 Å². The van der Waals surface area contributed by atoms with E-state index in [1.165, 1.54) is 13.0 Å². The molecule has 0 saturated carbocycles. The third kappa shape index (κ3) is 2.11. The molecular formula is C12H10O4. The van der Waals surface area contributed by atoms with Crippen molar-refractivity contribution in [3.05, 3.63) is 46.3 Å². The Morgan fingerprint density at radius 3 is 2.88 bits per heavy atom. The van der Waals surface area contributed by atoms with Gasteiger partial charge in [-0.05, 0) is 12.1 Å². The van der Waals surface area contributed by atoms with Gasteiger partial charge in [0.2, 0.25) is 0 Å². The topological polar surface area (TPSA) is 56.5 Å². The molecule has 2 rings (SSSR count). The summed E-state index contributed by atoms with van der Waals surface area (Å²) in [7, 11) is 0. The first-order valence-electron chi connectivity index (χ1n) is 4.82. The van der Waals surface area contributed by atoms with Gasteiger partial charge in [0, 0.05) is 13.0 Å². The number of ether oxygens (including phenoxy) is 1. The minimum atomic E-state index is -0.407. The fourth-order valence-electron chi connectivity index (χ4n) is 1.40. The molecule has 1 aromatic carbocycles. The van der Waals surface area contributed by atoms with Crippen molar-refractivity contribution < 1.29 is 13.9 Å². The Labute approximate surface area is 91.4 Å². The summed E-state index contributed by atoms with van der Waals surface area (Å²) in [4.78, 5) is 22.3. The summed E-state index contributed by atoms with van der Waals surface area (Å²) in [6.45, 7) is 1.29. The van der Waals surface area contributed by atoms with Crippen LogP contribution in [-0.4, -0.2) is 5.97 Å². The maximum absolute atomic E-state index is 11.6. The predicted molar refractivity (Wildman–Crippen MR) is 58.0 cm³/mol. The van der Waals surface area contributed by atoms with Crippen LogP contribution in [0.25, 0.3) is 11.0 Å². The van der Waals surface area contributed by atoms with E-state index in [2.05, 4.69) is 0 Å². The van der Waals surface area contributed by atoms with E-state index in [9.17, 15) is 9.59 Å². The van der Waals surface area contributed by atoms with E-state index in [0.717, 1.165) is 0 Å². The Balaban J connectivity index is 2.42. The van der Waals surface area contributed by atoms with Gasteiger partial charge in [0.05, 0.1) is 5.39 Å². The zero-order valence-corrected chi connectivity index (χ0v) is 8.73. The van der Waals surface area contributed by atoms with E-state index in [4.69, 9.17) is 9.15 Å². The Kier molecular flexibility index (Phi) is 2.72. The summed E-state index contributed by atoms with van der Waals surface area (Å²) < 4.78 is 10.2. The molecule has 82 valence electrons. The largest absolute Gasteiger partial charge is 0.458 e. The molecule has 4 heteroatoms. The molecule has 4 nitrogen and oxygen atoms in total. The zero-order valence-electron chi connectivity index (χ0n) is 8.73. The van der Waals surface area contributed by atoms with Gasteiger partial charge in [-0.2, -0.15) is 0 Å². The summed E-state index contributed by atoms with van der Waals surface area (Å²) in [5.74, 6) is -0.0605. The molecular weight excluding hydrogens is 208 g/mol. The highest BCUT2D eigenvalue weighted by Gasteiger charge is 2.05. The molecule has 0 spiro atoms. The third-order valence-electron chi connectivity index (χ3n) is 2.10. The van der Waals surface area contributed by atoms with E-state index in [-0.39, 0.29) is 12.0 Å². The Morgan fingerprint density at radius 1 is 1.38 bits per heavy atom. The molecule has 1 heterocycles. The average molecular weight is 218 g/mol. The van der Waals surface area contributed by atoms with Crippen LogP contribution in [0.15, 0.2) is 39.5 Å². The number of benzene rings is 1. The molecule has 0 aliphatic carbocycles. The van der Waals surface area contributed by atoms with Crippen molar-refractivity contribution in [2.75, 3.05) is 0 Å². The number of fused-ring (bicyclic) bond motifs is 1. The van der Waals surface area contributed by atoms with Crippen molar-refractivity contribution in [1.29, 1.82) is 0 Å². The van der Waals surface area contributed by atoms with Crippen LogP contribution in [0.3, 0.4) is 0 Å². The van der Waals surface area contributed by atoms with Gasteiger partial charge in [-0.3, -0.25) is 9.59 Å². The van der Waals surface area contributed by atoms with Gasteiger partial charge in [0.1, 0.15) is 18.0 Å². The number of hydrogen-bond acceptors (Lipinski definition) is 4. The van der Waals surface area contributed by atoms with Crippen LogP contribution in [0, 0.1) is 0 Å². The molecule has 0 fully saturated rings. The number of carbonyl (C=O) groups excluding carboxylic acids is 1. The van der Waals surface area contributed by atoms with Gasteiger partial charge in [0.25, 0.3) is 0 Å². The second-order valence-electron chi connectivity index (χ2n) is 3.35. The lowest BCUT2D eigenvalue weighted by molar-refractivity contribution is -0.142. The minimum Gasteiger partial charge on any atom is -0.458 e. The summed E-state index contributed by atoms with van der Waals surface area (Å²) in [5, 5.41) is 0.522. The lowest BCUT2D eigenvalue weighted by Gasteiger charge is -2.02. The van der Waals surface area contributed by atoms with Crippen molar-refractivity contribution in [2.45, 2.75) is 13.5 Å². The van der Waals surface area contributed by atoms with Crippen LogP contribution in [-0.2, 0) is 16.1 Å². The molecule has 0 unspecified atom stereocenters. The standard InChI is InChI=1S/C12H10O4/c1-8(13)15-7-9-6-11(14)10-4-2-3-5-12(10)16-9/h2-6H,7H2,1H3. The maximum atomic E-state index is 11.6. The van der Waals surface area contributed by atoms with Gasteiger partial charge < -0.3 is 9.15 Å². The number of hydrogen-bond donors (Lipinski definition) is 0. The van der Waals surface area contributed by atoms with Crippen molar-refractivity contribution >= 4 is 16.9 Å². The molecule has 0 aliphatic rings. The summed E-state index contributed by atoms with van der Waals surface area (Å²) >= 11 is 0. The highest BCUT2D eigenvalue weighted by molar-refractivity contribution is 5.76. The smallest absolute Gasteiger partial charge is 0.303 e. The molecule has 0 aliphatic heterocycles. The van der Waals surface area contributed by atoms with Crippen LogP contribution in [0.4, 0.5) is 0 Å². The molecule has 16 heavy (non-hydrogen) atoms. The molecule has 1 aromatic heterocycles. The minimum absolute atomic E-state index is 0.0184. The second-order valence-corrected chi connectivity index (χ2v) is 3.35. The molecule has 0 atom stereocenters. The first-order chi connectivity index (χ1) is 7.66. The maximum Gasteiger partial charge on any atom is 0.303 e. The Hall–Kier alpha value is -2.10. The lowest BCUT2D eigenvalue weighted by atomic mass is 10.2. The average Bonchev–Trinajstić information content (AvgIpc) is 2.26. The van der Waals surface area contributed by atoms with Crippen molar-refractivity contribution in [2.24, 2.45) is 0 Å². The summed E-state index contributed by atoms with van der Waals surface area (Å²) in [6.07, 6.45) is 0. The highest BCUT2D eigenvalue weighted by Crippen LogP contribution is 2.12. The van der Waals surface area contributed by atoms with Gasteiger partial charge in [0.15, 0.2) is 5.43 Å². The van der Waals surface area contributed by atoms with E-state index in [1.807, 2.05) is 0 Å². The first kappa shape index (κ1) is 10.4. The quantitative estimate of drug-likeness (QED) is 0.722. The Bertz CT molecular complexity index is 583. The molecule has 0 N–H and O–H groups in total. The van der Waals surface area contributed by atoms with Gasteiger partial charge in [-0.15, -0.1) is 0 Å². The number of para-hydroxylation sites is 1. The molecule has 0 bridgehead atoms. The Morgan fingerprint density at radius 2 is 2.12 bits per heavy atom. The van der Waals surface area contributed by atoms with Crippen molar-refractivity contribution in [3.8, 4) is 0 Å². The third-order valence-corrected chi connectivity index (χ3v) is 2.10. The number of esters is 1. The fraction of sp³-hybridized carbons (Fsp3) is 0.167. The molecule has 0 saturated heterocycles. The SMILES string of the molecule is CC(=O)OCc1cc(=O)c2ccccc2o1. The molecule has 0 radical (unpaired) electrons. The zero-order chi connectivity index (χ0) is 11.5. The fourth-order valence-corrected chi connectivity index (χ4v) is 1.40. The van der Waals surface area contributed by atoms with Crippen LogP contribution in [0.2, 0.25) is 0 Å². The lowest BCUT2D eigenvalue weighted by Crippen LogP contribution is -2.05. The van der Waals surface area contributed by atoms with Gasteiger partial charge >= 0.3 is 5.97 Å². The van der Waals surface area contributed by atoms with Gasteiger partial charge in [-0.1, -0.05) is 12.1 Å².